The first-order valence-electron chi connectivity index (χ1n) is 7.45. The molecule has 1 aliphatic carbocycles. The van der Waals surface area contributed by atoms with Crippen LogP contribution in [0.15, 0.2) is 54.6 Å². The van der Waals surface area contributed by atoms with Crippen LogP contribution in [0.4, 0.5) is 0 Å². The molecule has 0 unspecified atom stereocenters. The summed E-state index contributed by atoms with van der Waals surface area (Å²) in [6.07, 6.45) is 2.34. The molecule has 3 N–H and O–H groups in total. The summed E-state index contributed by atoms with van der Waals surface area (Å²) in [6, 6.07) is 17.8. The zero-order valence-electron chi connectivity index (χ0n) is 12.0. The molecule has 2 aromatic carbocycles. The Balaban J connectivity index is 1.86. The molecular formula is C18H20N2O. The largest absolute Gasteiger partial charge is 0.348 e. The second kappa shape index (κ2) is 6.10. The van der Waals surface area contributed by atoms with Crippen LogP contribution in [-0.2, 0) is 0 Å². The van der Waals surface area contributed by atoms with Crippen LogP contribution in [0.25, 0.3) is 11.1 Å². The number of carbonyl (C=O) groups is 1. The first-order chi connectivity index (χ1) is 10.3. The summed E-state index contributed by atoms with van der Waals surface area (Å²) in [7, 11) is 0. The van der Waals surface area contributed by atoms with Crippen molar-refractivity contribution in [2.75, 3.05) is 6.54 Å². The molecule has 1 amide bonds. The van der Waals surface area contributed by atoms with E-state index >= 15 is 0 Å². The van der Waals surface area contributed by atoms with Crippen molar-refractivity contribution >= 4 is 5.91 Å². The van der Waals surface area contributed by atoms with E-state index in [0.717, 1.165) is 11.1 Å². The van der Waals surface area contributed by atoms with Crippen LogP contribution in [0.3, 0.4) is 0 Å². The Labute approximate surface area is 125 Å². The van der Waals surface area contributed by atoms with Gasteiger partial charge in [0, 0.05) is 18.2 Å². The SMILES string of the molecule is NC[C@H](NC(=O)c1ccccc1-c1ccccc1)C1CC1. The molecule has 1 atom stereocenters. The number of hydrogen-bond donors (Lipinski definition) is 2. The average Bonchev–Trinajstić information content (AvgIpc) is 3.38. The Morgan fingerprint density at radius 3 is 2.43 bits per heavy atom. The third kappa shape index (κ3) is 3.14. The normalized spacial score (nSPS) is 15.5. The molecule has 2 aromatic rings. The van der Waals surface area contributed by atoms with Crippen molar-refractivity contribution in [2.24, 2.45) is 11.7 Å². The van der Waals surface area contributed by atoms with Crippen LogP contribution in [0.1, 0.15) is 23.2 Å². The topological polar surface area (TPSA) is 55.1 Å². The van der Waals surface area contributed by atoms with Crippen LogP contribution >= 0.6 is 0 Å². The molecule has 0 spiro atoms. The molecule has 108 valence electrons. The summed E-state index contributed by atoms with van der Waals surface area (Å²) in [5.74, 6) is 0.527. The van der Waals surface area contributed by atoms with Crippen molar-refractivity contribution in [2.45, 2.75) is 18.9 Å². The van der Waals surface area contributed by atoms with Crippen molar-refractivity contribution < 1.29 is 4.79 Å². The molecule has 0 radical (unpaired) electrons. The average molecular weight is 280 g/mol. The van der Waals surface area contributed by atoms with Crippen molar-refractivity contribution in [3.8, 4) is 11.1 Å². The van der Waals surface area contributed by atoms with Gasteiger partial charge in [0.25, 0.3) is 5.91 Å². The van der Waals surface area contributed by atoms with Gasteiger partial charge in [0.1, 0.15) is 0 Å². The van der Waals surface area contributed by atoms with Crippen molar-refractivity contribution in [1.29, 1.82) is 0 Å². The highest BCUT2D eigenvalue weighted by Gasteiger charge is 2.31. The second-order valence-corrected chi connectivity index (χ2v) is 5.56. The fraction of sp³-hybridized carbons (Fsp3) is 0.278. The lowest BCUT2D eigenvalue weighted by atomic mass is 9.99. The summed E-state index contributed by atoms with van der Waals surface area (Å²) in [4.78, 5) is 12.6. The molecular weight excluding hydrogens is 260 g/mol. The van der Waals surface area contributed by atoms with E-state index in [4.69, 9.17) is 5.73 Å². The van der Waals surface area contributed by atoms with Crippen LogP contribution in [0, 0.1) is 5.92 Å². The zero-order chi connectivity index (χ0) is 14.7. The van der Waals surface area contributed by atoms with E-state index in [-0.39, 0.29) is 11.9 Å². The highest BCUT2D eigenvalue weighted by atomic mass is 16.1. The Kier molecular flexibility index (Phi) is 4.02. The standard InChI is InChI=1S/C18H20N2O/c19-12-17(14-10-11-14)20-18(21)16-9-5-4-8-15(16)13-6-2-1-3-7-13/h1-9,14,17H,10-12,19H2,(H,20,21)/t17-/m0/s1. The Bertz CT molecular complexity index is 620. The number of rotatable bonds is 5. The van der Waals surface area contributed by atoms with Gasteiger partial charge in [-0.3, -0.25) is 4.79 Å². The van der Waals surface area contributed by atoms with Gasteiger partial charge in [-0.05, 0) is 36.0 Å². The molecule has 0 bridgehead atoms. The van der Waals surface area contributed by atoms with Gasteiger partial charge in [0.2, 0.25) is 0 Å². The number of carbonyl (C=O) groups excluding carboxylic acids is 1. The quantitative estimate of drug-likeness (QED) is 0.885. The fourth-order valence-corrected chi connectivity index (χ4v) is 2.66. The second-order valence-electron chi connectivity index (χ2n) is 5.56. The molecule has 1 saturated carbocycles. The number of amides is 1. The monoisotopic (exact) mass is 280 g/mol. The lowest BCUT2D eigenvalue weighted by molar-refractivity contribution is 0.0934. The zero-order valence-corrected chi connectivity index (χ0v) is 12.0. The summed E-state index contributed by atoms with van der Waals surface area (Å²) >= 11 is 0. The van der Waals surface area contributed by atoms with E-state index in [0.29, 0.717) is 18.0 Å². The third-order valence-electron chi connectivity index (χ3n) is 4.02. The van der Waals surface area contributed by atoms with Crippen molar-refractivity contribution in [1.82, 2.24) is 5.32 Å². The highest BCUT2D eigenvalue weighted by Crippen LogP contribution is 2.32. The van der Waals surface area contributed by atoms with Gasteiger partial charge in [0.05, 0.1) is 0 Å². The predicted molar refractivity (Wildman–Crippen MR) is 84.9 cm³/mol. The maximum Gasteiger partial charge on any atom is 0.252 e. The fourth-order valence-electron chi connectivity index (χ4n) is 2.66. The summed E-state index contributed by atoms with van der Waals surface area (Å²) in [6.45, 7) is 0.504. The minimum absolute atomic E-state index is 0.0307. The van der Waals surface area contributed by atoms with E-state index in [1.807, 2.05) is 54.6 Å². The molecule has 3 nitrogen and oxygen atoms in total. The Morgan fingerprint density at radius 2 is 1.76 bits per heavy atom. The first-order valence-corrected chi connectivity index (χ1v) is 7.45. The summed E-state index contributed by atoms with van der Waals surface area (Å²) < 4.78 is 0. The Hall–Kier alpha value is -2.13. The summed E-state index contributed by atoms with van der Waals surface area (Å²) in [5.41, 5.74) is 8.50. The third-order valence-corrected chi connectivity index (χ3v) is 4.02. The minimum Gasteiger partial charge on any atom is -0.348 e. The number of nitrogens with one attached hydrogen (secondary N) is 1. The summed E-state index contributed by atoms with van der Waals surface area (Å²) in [5, 5.41) is 3.09. The maximum absolute atomic E-state index is 12.6. The van der Waals surface area contributed by atoms with E-state index in [1.54, 1.807) is 0 Å². The van der Waals surface area contributed by atoms with E-state index in [1.165, 1.54) is 12.8 Å². The maximum atomic E-state index is 12.6. The molecule has 0 aliphatic heterocycles. The van der Waals surface area contributed by atoms with Crippen LogP contribution in [0.5, 0.6) is 0 Å². The molecule has 0 saturated heterocycles. The molecule has 0 aromatic heterocycles. The highest BCUT2D eigenvalue weighted by molar-refractivity contribution is 6.01. The molecule has 1 fully saturated rings. The van der Waals surface area contributed by atoms with Gasteiger partial charge in [-0.1, -0.05) is 48.5 Å². The van der Waals surface area contributed by atoms with E-state index in [9.17, 15) is 4.79 Å². The predicted octanol–water partition coefficient (Wildman–Crippen LogP) is 2.82. The van der Waals surface area contributed by atoms with Gasteiger partial charge in [-0.2, -0.15) is 0 Å². The van der Waals surface area contributed by atoms with E-state index < -0.39 is 0 Å². The van der Waals surface area contributed by atoms with Crippen LogP contribution < -0.4 is 11.1 Å². The molecule has 0 heterocycles. The lowest BCUT2D eigenvalue weighted by Gasteiger charge is -2.17. The molecule has 21 heavy (non-hydrogen) atoms. The first kappa shape index (κ1) is 13.8. The van der Waals surface area contributed by atoms with Crippen molar-refractivity contribution in [3.05, 3.63) is 60.2 Å². The number of hydrogen-bond acceptors (Lipinski definition) is 2. The van der Waals surface area contributed by atoms with Crippen LogP contribution in [0.2, 0.25) is 0 Å². The van der Waals surface area contributed by atoms with Gasteiger partial charge in [-0.25, -0.2) is 0 Å². The lowest BCUT2D eigenvalue weighted by Crippen LogP contribution is -2.41. The Morgan fingerprint density at radius 1 is 1.10 bits per heavy atom. The molecule has 3 heteroatoms. The van der Waals surface area contributed by atoms with Gasteiger partial charge >= 0.3 is 0 Å². The smallest absolute Gasteiger partial charge is 0.252 e. The van der Waals surface area contributed by atoms with Gasteiger partial charge < -0.3 is 11.1 Å². The van der Waals surface area contributed by atoms with Crippen LogP contribution in [-0.4, -0.2) is 18.5 Å². The number of benzene rings is 2. The van der Waals surface area contributed by atoms with Crippen molar-refractivity contribution in [3.63, 3.8) is 0 Å². The van der Waals surface area contributed by atoms with Gasteiger partial charge in [-0.15, -0.1) is 0 Å². The van der Waals surface area contributed by atoms with Gasteiger partial charge in [0.15, 0.2) is 0 Å². The molecule has 1 aliphatic rings. The van der Waals surface area contributed by atoms with E-state index in [2.05, 4.69) is 5.32 Å². The molecule has 3 rings (SSSR count). The number of nitrogens with two attached hydrogens (primary N) is 1. The minimum atomic E-state index is -0.0307.